The zero-order valence-corrected chi connectivity index (χ0v) is 10.9. The summed E-state index contributed by atoms with van der Waals surface area (Å²) in [7, 11) is 0. The van der Waals surface area contributed by atoms with E-state index in [0.29, 0.717) is 17.0 Å². The Kier molecular flexibility index (Phi) is 4.62. The molecule has 1 rings (SSSR count). The highest BCUT2D eigenvalue weighted by Gasteiger charge is 2.21. The van der Waals surface area contributed by atoms with Crippen LogP contribution in [-0.4, -0.2) is 29.2 Å². The Morgan fingerprint density at radius 2 is 2.05 bits per heavy atom. The average molecular weight is 269 g/mol. The topological polar surface area (TPSA) is 125 Å². The molecule has 8 heteroatoms. The Labute approximate surface area is 109 Å². The molecule has 0 aliphatic heterocycles. The Morgan fingerprint density at radius 3 is 2.53 bits per heavy atom. The first kappa shape index (κ1) is 14.7. The summed E-state index contributed by atoms with van der Waals surface area (Å²) in [4.78, 5) is 33.4. The number of nitrogens with one attached hydrogen (secondary N) is 1. The number of ether oxygens (including phenoxy) is 1. The summed E-state index contributed by atoms with van der Waals surface area (Å²) in [5.74, 6) is -0.884. The van der Waals surface area contributed by atoms with E-state index in [4.69, 9.17) is 15.0 Å². The number of nitrogens with two attached hydrogens (primary N) is 1. The van der Waals surface area contributed by atoms with Crippen LogP contribution in [0.2, 0.25) is 0 Å². The third-order valence-electron chi connectivity index (χ3n) is 2.43. The number of hydrogen-bond donors (Lipinski definition) is 2. The molecule has 1 atom stereocenters. The molecule has 3 amide bonds. The summed E-state index contributed by atoms with van der Waals surface area (Å²) in [6.07, 6.45) is -1.17. The van der Waals surface area contributed by atoms with Crippen molar-refractivity contribution in [3.63, 3.8) is 0 Å². The minimum absolute atomic E-state index is 0.0602. The number of carbonyl (C=O) groups is 3. The lowest BCUT2D eigenvalue weighted by atomic mass is 10.1. The monoisotopic (exact) mass is 269 g/mol. The van der Waals surface area contributed by atoms with Gasteiger partial charge < -0.3 is 15.0 Å². The third kappa shape index (κ3) is 4.09. The Balaban J connectivity index is 2.56. The molecule has 19 heavy (non-hydrogen) atoms. The minimum atomic E-state index is -1.11. The van der Waals surface area contributed by atoms with E-state index < -0.39 is 24.0 Å². The summed E-state index contributed by atoms with van der Waals surface area (Å²) in [5, 5.41) is 5.52. The molecule has 0 aromatic carbocycles. The van der Waals surface area contributed by atoms with Gasteiger partial charge in [0.05, 0.1) is 12.1 Å². The second-order valence-corrected chi connectivity index (χ2v) is 3.97. The quantitative estimate of drug-likeness (QED) is 0.739. The predicted octanol–water partition coefficient (Wildman–Crippen LogP) is -0.0395. The number of esters is 1. The molecule has 1 aromatic heterocycles. The van der Waals surface area contributed by atoms with Crippen molar-refractivity contribution in [1.82, 2.24) is 10.5 Å². The summed E-state index contributed by atoms with van der Waals surface area (Å²) < 4.78 is 9.77. The Morgan fingerprint density at radius 1 is 1.42 bits per heavy atom. The van der Waals surface area contributed by atoms with E-state index >= 15 is 0 Å². The fraction of sp³-hybridized carbons (Fsp3) is 0.455. The number of aryl methyl sites for hydroxylation is 2. The van der Waals surface area contributed by atoms with Crippen LogP contribution in [0.25, 0.3) is 0 Å². The molecule has 0 saturated carbocycles. The highest BCUT2D eigenvalue weighted by atomic mass is 16.5. The summed E-state index contributed by atoms with van der Waals surface area (Å²) in [6, 6.07) is -1.00. The van der Waals surface area contributed by atoms with Gasteiger partial charge in [-0.1, -0.05) is 5.16 Å². The number of carbonyl (C=O) groups excluding carboxylic acids is 3. The van der Waals surface area contributed by atoms with Gasteiger partial charge in [0.1, 0.15) is 5.76 Å². The fourth-order valence-corrected chi connectivity index (χ4v) is 1.41. The molecule has 104 valence electrons. The van der Waals surface area contributed by atoms with Gasteiger partial charge in [-0.05, 0) is 20.8 Å². The maximum atomic E-state index is 11.6. The van der Waals surface area contributed by atoms with Gasteiger partial charge in [-0.2, -0.15) is 0 Å². The van der Waals surface area contributed by atoms with Crippen LogP contribution >= 0.6 is 0 Å². The molecular weight excluding hydrogens is 254 g/mol. The molecule has 0 radical (unpaired) electrons. The van der Waals surface area contributed by atoms with E-state index in [1.54, 1.807) is 13.8 Å². The summed E-state index contributed by atoms with van der Waals surface area (Å²) in [5.41, 5.74) is 5.98. The maximum Gasteiger partial charge on any atom is 0.318 e. The molecule has 1 unspecified atom stereocenters. The van der Waals surface area contributed by atoms with Crippen molar-refractivity contribution in [3.8, 4) is 0 Å². The van der Waals surface area contributed by atoms with Crippen molar-refractivity contribution in [3.05, 3.63) is 17.0 Å². The Hall–Kier alpha value is -2.38. The van der Waals surface area contributed by atoms with Gasteiger partial charge in [0.2, 0.25) is 0 Å². The number of primary amides is 1. The van der Waals surface area contributed by atoms with Crippen molar-refractivity contribution < 1.29 is 23.6 Å². The highest BCUT2D eigenvalue weighted by molar-refractivity contribution is 5.96. The molecular formula is C11H15N3O5. The lowest BCUT2D eigenvalue weighted by Crippen LogP contribution is -2.42. The molecule has 0 fully saturated rings. The predicted molar refractivity (Wildman–Crippen MR) is 63.0 cm³/mol. The first-order valence-corrected chi connectivity index (χ1v) is 5.52. The second kappa shape index (κ2) is 5.98. The van der Waals surface area contributed by atoms with Gasteiger partial charge in [-0.3, -0.25) is 14.9 Å². The highest BCUT2D eigenvalue weighted by Crippen LogP contribution is 2.13. The molecule has 0 bridgehead atoms. The van der Waals surface area contributed by atoms with Gasteiger partial charge in [0.15, 0.2) is 6.10 Å². The van der Waals surface area contributed by atoms with Gasteiger partial charge in [0.25, 0.3) is 5.91 Å². The normalized spacial score (nSPS) is 11.7. The number of rotatable bonds is 4. The van der Waals surface area contributed by atoms with Gasteiger partial charge in [-0.25, -0.2) is 4.79 Å². The molecule has 0 aliphatic carbocycles. The molecule has 0 aliphatic rings. The minimum Gasteiger partial charge on any atom is -0.452 e. The summed E-state index contributed by atoms with van der Waals surface area (Å²) >= 11 is 0. The van der Waals surface area contributed by atoms with Gasteiger partial charge in [-0.15, -0.1) is 0 Å². The first-order chi connectivity index (χ1) is 8.81. The molecule has 1 heterocycles. The van der Waals surface area contributed by atoms with E-state index in [1.165, 1.54) is 6.92 Å². The average Bonchev–Trinajstić information content (AvgIpc) is 2.59. The van der Waals surface area contributed by atoms with Gasteiger partial charge in [0, 0.05) is 5.56 Å². The number of amides is 3. The third-order valence-corrected chi connectivity index (χ3v) is 2.43. The van der Waals surface area contributed by atoms with E-state index in [2.05, 4.69) is 5.16 Å². The van der Waals surface area contributed by atoms with Crippen molar-refractivity contribution in [2.24, 2.45) is 5.73 Å². The van der Waals surface area contributed by atoms with Gasteiger partial charge >= 0.3 is 12.0 Å². The number of aromatic nitrogens is 1. The van der Waals surface area contributed by atoms with Crippen LogP contribution in [0.15, 0.2) is 4.52 Å². The van der Waals surface area contributed by atoms with Crippen LogP contribution in [0, 0.1) is 13.8 Å². The van der Waals surface area contributed by atoms with E-state index in [1.807, 2.05) is 5.32 Å². The van der Waals surface area contributed by atoms with E-state index in [9.17, 15) is 14.4 Å². The summed E-state index contributed by atoms with van der Waals surface area (Å²) in [6.45, 7) is 4.71. The van der Waals surface area contributed by atoms with Crippen molar-refractivity contribution in [2.75, 3.05) is 0 Å². The number of nitrogens with zero attached hydrogens (tertiary/aromatic N) is 1. The largest absolute Gasteiger partial charge is 0.452 e. The molecule has 0 saturated heterocycles. The standard InChI is InChI=1S/C11H15N3O5/c1-5-8(6(2)19-14-5)4-9(15)18-7(3)10(16)13-11(12)17/h7H,4H2,1-3H3,(H3,12,13,16,17). The smallest absolute Gasteiger partial charge is 0.318 e. The zero-order chi connectivity index (χ0) is 14.6. The van der Waals surface area contributed by atoms with Crippen LogP contribution in [0.1, 0.15) is 23.9 Å². The number of hydrogen-bond acceptors (Lipinski definition) is 6. The zero-order valence-electron chi connectivity index (χ0n) is 10.9. The lowest BCUT2D eigenvalue weighted by molar-refractivity contribution is -0.153. The van der Waals surface area contributed by atoms with Crippen LogP contribution in [0.3, 0.4) is 0 Å². The molecule has 8 nitrogen and oxygen atoms in total. The second-order valence-electron chi connectivity index (χ2n) is 3.97. The fourth-order valence-electron chi connectivity index (χ4n) is 1.41. The maximum absolute atomic E-state index is 11.6. The molecule has 1 aromatic rings. The SMILES string of the molecule is Cc1noc(C)c1CC(=O)OC(C)C(=O)NC(N)=O. The number of urea groups is 1. The molecule has 3 N–H and O–H groups in total. The van der Waals surface area contributed by atoms with Crippen LogP contribution in [-0.2, 0) is 20.7 Å². The lowest BCUT2D eigenvalue weighted by Gasteiger charge is -2.11. The molecule has 0 spiro atoms. The van der Waals surface area contributed by atoms with Crippen molar-refractivity contribution in [1.29, 1.82) is 0 Å². The Bertz CT molecular complexity index is 489. The van der Waals surface area contributed by atoms with Crippen LogP contribution in [0.5, 0.6) is 0 Å². The van der Waals surface area contributed by atoms with E-state index in [0.717, 1.165) is 0 Å². The van der Waals surface area contributed by atoms with E-state index in [-0.39, 0.29) is 6.42 Å². The first-order valence-electron chi connectivity index (χ1n) is 5.52. The van der Waals surface area contributed by atoms with Crippen molar-refractivity contribution >= 4 is 17.9 Å². The van der Waals surface area contributed by atoms with Crippen molar-refractivity contribution in [2.45, 2.75) is 33.3 Å². The van der Waals surface area contributed by atoms with Crippen LogP contribution < -0.4 is 11.1 Å². The number of imide groups is 1. The van der Waals surface area contributed by atoms with Crippen LogP contribution in [0.4, 0.5) is 4.79 Å².